The monoisotopic (exact) mass is 673 g/mol. The molecule has 4 aromatic rings. The van der Waals surface area contributed by atoms with Gasteiger partial charge in [-0.25, -0.2) is 8.42 Å². The van der Waals surface area contributed by atoms with Crippen LogP contribution in [0.15, 0.2) is 108 Å². The number of benzene rings is 4. The number of aryl methyl sites for hydroxylation is 1. The summed E-state index contributed by atoms with van der Waals surface area (Å²) in [7, 11) is -2.77. The Morgan fingerprint density at radius 1 is 0.915 bits per heavy atom. The topological polar surface area (TPSA) is 96.0 Å². The van der Waals surface area contributed by atoms with Gasteiger partial charge in [-0.15, -0.1) is 0 Å². The second kappa shape index (κ2) is 15.5. The third kappa shape index (κ3) is 8.34. The van der Waals surface area contributed by atoms with Crippen LogP contribution < -0.4 is 14.4 Å². The summed E-state index contributed by atoms with van der Waals surface area (Å²) in [6.07, 6.45) is 4.11. The zero-order chi connectivity index (χ0) is 33.4. The fourth-order valence-electron chi connectivity index (χ4n) is 5.95. The molecule has 4 aromatic carbocycles. The minimum absolute atomic E-state index is 0.0185. The minimum Gasteiger partial charge on any atom is -0.495 e. The minimum atomic E-state index is -4.24. The number of carbonyl (C=O) groups excluding carboxylic acids is 2. The van der Waals surface area contributed by atoms with Gasteiger partial charge in [0, 0.05) is 19.0 Å². The van der Waals surface area contributed by atoms with Crippen LogP contribution in [0.1, 0.15) is 42.4 Å². The van der Waals surface area contributed by atoms with Gasteiger partial charge >= 0.3 is 0 Å². The number of hydrogen-bond acceptors (Lipinski definition) is 5. The molecule has 47 heavy (non-hydrogen) atoms. The molecule has 1 aliphatic carbocycles. The molecule has 1 saturated carbocycles. The van der Waals surface area contributed by atoms with Gasteiger partial charge in [-0.3, -0.25) is 13.9 Å². The van der Waals surface area contributed by atoms with Crippen molar-refractivity contribution in [3.8, 4) is 5.75 Å². The van der Waals surface area contributed by atoms with Gasteiger partial charge in [0.1, 0.15) is 18.3 Å². The van der Waals surface area contributed by atoms with Crippen molar-refractivity contribution in [3.05, 3.63) is 125 Å². The molecule has 0 heterocycles. The molecule has 1 atom stereocenters. The van der Waals surface area contributed by atoms with E-state index in [4.69, 9.17) is 16.3 Å². The molecule has 2 amide bonds. The number of carbonyl (C=O) groups is 2. The van der Waals surface area contributed by atoms with E-state index in [1.165, 1.54) is 30.2 Å². The average Bonchev–Trinajstić information content (AvgIpc) is 3.59. The van der Waals surface area contributed by atoms with Gasteiger partial charge in [0.25, 0.3) is 10.0 Å². The Kier molecular flexibility index (Phi) is 11.2. The van der Waals surface area contributed by atoms with E-state index in [-0.39, 0.29) is 40.5 Å². The number of nitrogens with one attached hydrogen (secondary N) is 1. The number of sulfonamides is 1. The lowest BCUT2D eigenvalue weighted by atomic mass is 10.0. The lowest BCUT2D eigenvalue weighted by molar-refractivity contribution is -0.140. The molecule has 1 N–H and O–H groups in total. The second-order valence-electron chi connectivity index (χ2n) is 11.8. The molecule has 1 unspecified atom stereocenters. The third-order valence-electron chi connectivity index (χ3n) is 8.61. The van der Waals surface area contributed by atoms with Gasteiger partial charge in [-0.2, -0.15) is 0 Å². The maximum absolute atomic E-state index is 14.7. The molecule has 1 fully saturated rings. The molecule has 8 nitrogen and oxygen atoms in total. The Balaban J connectivity index is 1.58. The SMILES string of the molecule is COc1ccc(N(CC(=O)N(Cc2ccccc2C)C(Cc2ccccc2)C(=O)NC2CCCC2)S(=O)(=O)c2ccccc2)cc1Cl. The third-order valence-corrected chi connectivity index (χ3v) is 10.7. The number of rotatable bonds is 13. The van der Waals surface area contributed by atoms with Crippen LogP contribution >= 0.6 is 11.6 Å². The van der Waals surface area contributed by atoms with E-state index in [0.29, 0.717) is 5.75 Å². The summed E-state index contributed by atoms with van der Waals surface area (Å²) in [5.74, 6) is -0.415. The van der Waals surface area contributed by atoms with Crippen LogP contribution in [-0.2, 0) is 32.6 Å². The second-order valence-corrected chi connectivity index (χ2v) is 14.1. The predicted molar refractivity (Wildman–Crippen MR) is 185 cm³/mol. The van der Waals surface area contributed by atoms with Crippen LogP contribution in [0.5, 0.6) is 5.75 Å². The number of ether oxygens (including phenoxy) is 1. The Labute approximate surface area is 282 Å². The van der Waals surface area contributed by atoms with Crippen LogP contribution in [0.3, 0.4) is 0 Å². The summed E-state index contributed by atoms with van der Waals surface area (Å²) in [5.41, 5.74) is 2.89. The van der Waals surface area contributed by atoms with Gasteiger partial charge in [0.05, 0.1) is 22.7 Å². The number of nitrogens with zero attached hydrogens (tertiary/aromatic N) is 2. The lowest BCUT2D eigenvalue weighted by Crippen LogP contribution is -2.54. The first kappa shape index (κ1) is 34.0. The number of halogens is 1. The highest BCUT2D eigenvalue weighted by Crippen LogP contribution is 2.32. The lowest BCUT2D eigenvalue weighted by Gasteiger charge is -2.34. The molecule has 0 spiro atoms. The molecule has 0 aromatic heterocycles. The molecule has 10 heteroatoms. The first-order chi connectivity index (χ1) is 22.7. The van der Waals surface area contributed by atoms with Crippen LogP contribution in [0.25, 0.3) is 0 Å². The highest BCUT2D eigenvalue weighted by Gasteiger charge is 2.36. The summed E-state index contributed by atoms with van der Waals surface area (Å²) < 4.78 is 34.7. The predicted octanol–water partition coefficient (Wildman–Crippen LogP) is 6.55. The maximum atomic E-state index is 14.7. The van der Waals surface area contributed by atoms with E-state index in [1.807, 2.05) is 61.5 Å². The zero-order valence-electron chi connectivity index (χ0n) is 26.6. The van der Waals surface area contributed by atoms with Gasteiger partial charge in [-0.1, -0.05) is 97.2 Å². The van der Waals surface area contributed by atoms with Crippen molar-refractivity contribution < 1.29 is 22.7 Å². The van der Waals surface area contributed by atoms with E-state index in [2.05, 4.69) is 5.32 Å². The molecule has 1 aliphatic rings. The number of amides is 2. The zero-order valence-corrected chi connectivity index (χ0v) is 28.2. The Hall–Kier alpha value is -4.34. The number of hydrogen-bond donors (Lipinski definition) is 1. The molecule has 0 aliphatic heterocycles. The first-order valence-corrected chi connectivity index (χ1v) is 17.6. The van der Waals surface area contributed by atoms with Crippen molar-refractivity contribution in [2.45, 2.75) is 62.6 Å². The highest BCUT2D eigenvalue weighted by molar-refractivity contribution is 7.92. The fourth-order valence-corrected chi connectivity index (χ4v) is 7.63. The Bertz CT molecular complexity index is 1780. The van der Waals surface area contributed by atoms with Gasteiger partial charge in [0.15, 0.2) is 0 Å². The summed E-state index contributed by atoms with van der Waals surface area (Å²) >= 11 is 6.46. The van der Waals surface area contributed by atoms with Gasteiger partial charge < -0.3 is 15.0 Å². The Morgan fingerprint density at radius 2 is 1.55 bits per heavy atom. The molecule has 246 valence electrons. The summed E-state index contributed by atoms with van der Waals surface area (Å²) in [5, 5.41) is 3.39. The van der Waals surface area contributed by atoms with Crippen molar-refractivity contribution in [3.63, 3.8) is 0 Å². The smallest absolute Gasteiger partial charge is 0.264 e. The highest BCUT2D eigenvalue weighted by atomic mass is 35.5. The molecule has 0 radical (unpaired) electrons. The standard InChI is InChI=1S/C37H40ClN3O5S/c1-27-13-9-10-16-29(27)25-40(34(23-28-14-5-3-6-15-28)37(43)39-30-17-11-12-18-30)36(42)26-41(31-21-22-35(46-2)33(38)24-31)47(44,45)32-19-7-4-8-20-32/h3-10,13-16,19-22,24,30,34H,11-12,17-18,23,25-26H2,1-2H3,(H,39,43). The van der Waals surface area contributed by atoms with Crippen LogP contribution in [0.2, 0.25) is 5.02 Å². The molecule has 5 rings (SSSR count). The molecule has 0 saturated heterocycles. The number of anilines is 1. The van der Waals surface area contributed by atoms with E-state index in [0.717, 1.165) is 46.7 Å². The molecular weight excluding hydrogens is 634 g/mol. The van der Waals surface area contributed by atoms with E-state index in [9.17, 15) is 18.0 Å². The quantitative estimate of drug-likeness (QED) is 0.174. The summed E-state index contributed by atoms with van der Waals surface area (Å²) in [4.78, 5) is 30.4. The summed E-state index contributed by atoms with van der Waals surface area (Å²) in [6, 6.07) is 28.9. The summed E-state index contributed by atoms with van der Waals surface area (Å²) in [6.45, 7) is 1.51. The van der Waals surface area contributed by atoms with E-state index < -0.39 is 28.5 Å². The van der Waals surface area contributed by atoms with Crippen molar-refractivity contribution >= 4 is 39.1 Å². The number of methoxy groups -OCH3 is 1. The average molecular weight is 674 g/mol. The molecule has 0 bridgehead atoms. The van der Waals surface area contributed by atoms with Gasteiger partial charge in [0.2, 0.25) is 11.8 Å². The maximum Gasteiger partial charge on any atom is 0.264 e. The van der Waals surface area contributed by atoms with Gasteiger partial charge in [-0.05, 0) is 66.8 Å². The first-order valence-electron chi connectivity index (χ1n) is 15.8. The van der Waals surface area contributed by atoms with Crippen molar-refractivity contribution in [2.75, 3.05) is 18.0 Å². The molecular formula is C37H40ClN3O5S. The Morgan fingerprint density at radius 3 is 2.19 bits per heavy atom. The van der Waals surface area contributed by atoms with E-state index in [1.54, 1.807) is 30.3 Å². The van der Waals surface area contributed by atoms with Crippen molar-refractivity contribution in [2.24, 2.45) is 0 Å². The van der Waals surface area contributed by atoms with Crippen molar-refractivity contribution in [1.29, 1.82) is 0 Å². The normalized spacial score (nSPS) is 13.9. The van der Waals surface area contributed by atoms with Crippen LogP contribution in [0, 0.1) is 6.92 Å². The fraction of sp³-hybridized carbons (Fsp3) is 0.297. The van der Waals surface area contributed by atoms with Crippen molar-refractivity contribution in [1.82, 2.24) is 10.2 Å². The van der Waals surface area contributed by atoms with Crippen LogP contribution in [0.4, 0.5) is 5.69 Å². The van der Waals surface area contributed by atoms with Crippen LogP contribution in [-0.4, -0.2) is 50.9 Å². The van der Waals surface area contributed by atoms with E-state index >= 15 is 0 Å². The largest absolute Gasteiger partial charge is 0.495 e.